The van der Waals surface area contributed by atoms with E-state index in [9.17, 15) is 9.59 Å². The summed E-state index contributed by atoms with van der Waals surface area (Å²) in [5, 5.41) is 6.52. The maximum Gasteiger partial charge on any atom is 0.231 e. The average molecular weight is 426 g/mol. The van der Waals surface area contributed by atoms with Crippen LogP contribution in [0.3, 0.4) is 0 Å². The van der Waals surface area contributed by atoms with E-state index in [0.717, 1.165) is 21.1 Å². The zero-order valence-corrected chi connectivity index (χ0v) is 17.7. The van der Waals surface area contributed by atoms with Crippen molar-refractivity contribution in [3.8, 4) is 11.5 Å². The third-order valence-corrected chi connectivity index (χ3v) is 5.98. The lowest BCUT2D eigenvalue weighted by molar-refractivity contribution is -0.120. The number of fused-ring (bicyclic) bond motifs is 1. The van der Waals surface area contributed by atoms with Gasteiger partial charge in [0.15, 0.2) is 5.13 Å². The van der Waals surface area contributed by atoms with Crippen LogP contribution in [0.25, 0.3) is 10.2 Å². The molecule has 3 aromatic rings. The fourth-order valence-corrected chi connectivity index (χ4v) is 4.24. The van der Waals surface area contributed by atoms with Crippen molar-refractivity contribution in [2.75, 3.05) is 42.8 Å². The molecule has 1 aliphatic heterocycles. The van der Waals surface area contributed by atoms with Crippen LogP contribution in [-0.4, -0.2) is 44.1 Å². The molecule has 1 aromatic heterocycles. The maximum atomic E-state index is 12.7. The lowest BCUT2D eigenvalue weighted by atomic mass is 10.00. The van der Waals surface area contributed by atoms with E-state index in [0.29, 0.717) is 30.2 Å². The van der Waals surface area contributed by atoms with Gasteiger partial charge in [0.2, 0.25) is 11.8 Å². The number of carbonyl (C=O) groups is 2. The largest absolute Gasteiger partial charge is 0.497 e. The van der Waals surface area contributed by atoms with Gasteiger partial charge in [-0.25, -0.2) is 4.98 Å². The van der Waals surface area contributed by atoms with Crippen LogP contribution < -0.4 is 25.0 Å². The van der Waals surface area contributed by atoms with Crippen LogP contribution in [0.5, 0.6) is 11.5 Å². The quantitative estimate of drug-likeness (QED) is 0.628. The number of carbonyl (C=O) groups excluding carboxylic acids is 2. The van der Waals surface area contributed by atoms with Gasteiger partial charge in [0, 0.05) is 31.8 Å². The Morgan fingerprint density at radius 2 is 1.90 bits per heavy atom. The van der Waals surface area contributed by atoms with Crippen LogP contribution in [0.4, 0.5) is 16.5 Å². The lowest BCUT2D eigenvalue weighted by Gasteiger charge is -2.38. The molecule has 0 aliphatic carbocycles. The first-order valence-corrected chi connectivity index (χ1v) is 10.2. The van der Waals surface area contributed by atoms with Crippen molar-refractivity contribution in [2.24, 2.45) is 5.92 Å². The SMILES string of the molecule is COc1ccc2sc(N3CC(C(=O)Nc4cc(NC(C)=O)ccc4OC)C3)nc2c1. The van der Waals surface area contributed by atoms with E-state index >= 15 is 0 Å². The highest BCUT2D eigenvalue weighted by molar-refractivity contribution is 7.22. The predicted octanol–water partition coefficient (Wildman–Crippen LogP) is 3.35. The van der Waals surface area contributed by atoms with Gasteiger partial charge in [-0.2, -0.15) is 0 Å². The molecule has 2 N–H and O–H groups in total. The van der Waals surface area contributed by atoms with Crippen molar-refractivity contribution in [1.82, 2.24) is 4.98 Å². The highest BCUT2D eigenvalue weighted by atomic mass is 32.1. The summed E-state index contributed by atoms with van der Waals surface area (Å²) in [7, 11) is 3.17. The number of nitrogens with zero attached hydrogens (tertiary/aromatic N) is 2. The monoisotopic (exact) mass is 426 g/mol. The van der Waals surface area contributed by atoms with Crippen molar-refractivity contribution in [1.29, 1.82) is 0 Å². The topological polar surface area (TPSA) is 92.8 Å². The molecular formula is C21H22N4O4S. The Kier molecular flexibility index (Phi) is 5.45. The summed E-state index contributed by atoms with van der Waals surface area (Å²) in [4.78, 5) is 30.8. The van der Waals surface area contributed by atoms with Gasteiger partial charge in [0.05, 0.1) is 36.0 Å². The van der Waals surface area contributed by atoms with Crippen molar-refractivity contribution in [3.05, 3.63) is 36.4 Å². The standard InChI is InChI=1S/C21H22N4O4S/c1-12(26)22-14-4-6-18(29-3)16(8-14)23-20(27)13-10-25(11-13)21-24-17-9-15(28-2)5-7-19(17)30-21/h4-9,13H,10-11H2,1-3H3,(H,22,26)(H,23,27). The number of methoxy groups -OCH3 is 2. The Morgan fingerprint density at radius 1 is 1.10 bits per heavy atom. The molecule has 30 heavy (non-hydrogen) atoms. The lowest BCUT2D eigenvalue weighted by Crippen LogP contribution is -2.52. The Balaban J connectivity index is 1.41. The average Bonchev–Trinajstić information content (AvgIpc) is 3.09. The first-order valence-electron chi connectivity index (χ1n) is 9.43. The Bertz CT molecular complexity index is 1110. The molecule has 0 radical (unpaired) electrons. The van der Waals surface area contributed by atoms with E-state index < -0.39 is 0 Å². The fraction of sp³-hybridized carbons (Fsp3) is 0.286. The molecule has 2 heterocycles. The van der Waals surface area contributed by atoms with Crippen LogP contribution in [-0.2, 0) is 9.59 Å². The van der Waals surface area contributed by atoms with Gasteiger partial charge < -0.3 is 25.0 Å². The second-order valence-corrected chi connectivity index (χ2v) is 8.03. The van der Waals surface area contributed by atoms with E-state index in [1.807, 2.05) is 18.2 Å². The number of benzene rings is 2. The zero-order chi connectivity index (χ0) is 21.3. The number of aromatic nitrogens is 1. The first-order chi connectivity index (χ1) is 14.5. The van der Waals surface area contributed by atoms with E-state index in [4.69, 9.17) is 9.47 Å². The third-order valence-electron chi connectivity index (χ3n) is 4.88. The molecule has 4 rings (SSSR count). The van der Waals surface area contributed by atoms with E-state index in [1.165, 1.54) is 14.0 Å². The zero-order valence-electron chi connectivity index (χ0n) is 16.9. The minimum Gasteiger partial charge on any atom is -0.497 e. The van der Waals surface area contributed by atoms with Crippen molar-refractivity contribution >= 4 is 49.9 Å². The van der Waals surface area contributed by atoms with Gasteiger partial charge in [-0.15, -0.1) is 0 Å². The summed E-state index contributed by atoms with van der Waals surface area (Å²) < 4.78 is 11.7. The van der Waals surface area contributed by atoms with Gasteiger partial charge >= 0.3 is 0 Å². The molecule has 1 aliphatic rings. The fourth-order valence-electron chi connectivity index (χ4n) is 3.28. The Labute approximate surface area is 177 Å². The summed E-state index contributed by atoms with van der Waals surface area (Å²) in [5.74, 6) is 0.887. The van der Waals surface area contributed by atoms with E-state index in [2.05, 4.69) is 20.5 Å². The second kappa shape index (κ2) is 8.19. The predicted molar refractivity (Wildman–Crippen MR) is 118 cm³/mol. The summed E-state index contributed by atoms with van der Waals surface area (Å²) in [6.45, 7) is 2.62. The molecule has 0 spiro atoms. The Hall–Kier alpha value is -3.33. The van der Waals surface area contributed by atoms with Gasteiger partial charge in [0.1, 0.15) is 11.5 Å². The van der Waals surface area contributed by atoms with Crippen LogP contribution >= 0.6 is 11.3 Å². The molecule has 2 amide bonds. The number of rotatable bonds is 6. The van der Waals surface area contributed by atoms with E-state index in [1.54, 1.807) is 36.6 Å². The second-order valence-electron chi connectivity index (χ2n) is 7.02. The number of amides is 2. The summed E-state index contributed by atoms with van der Waals surface area (Å²) >= 11 is 1.60. The molecule has 156 valence electrons. The molecule has 8 nitrogen and oxygen atoms in total. The molecule has 0 atom stereocenters. The molecular weight excluding hydrogens is 404 g/mol. The van der Waals surface area contributed by atoms with Crippen molar-refractivity contribution in [3.63, 3.8) is 0 Å². The molecule has 0 bridgehead atoms. The number of anilines is 3. The molecule has 1 saturated heterocycles. The first kappa shape index (κ1) is 20.0. The third kappa shape index (κ3) is 4.02. The molecule has 1 fully saturated rings. The van der Waals surface area contributed by atoms with Crippen molar-refractivity contribution < 1.29 is 19.1 Å². The van der Waals surface area contributed by atoms with Crippen LogP contribution in [0, 0.1) is 5.92 Å². The number of hydrogen-bond donors (Lipinski definition) is 2. The van der Waals surface area contributed by atoms with Gasteiger partial charge in [0.25, 0.3) is 0 Å². The molecule has 9 heteroatoms. The van der Waals surface area contributed by atoms with Gasteiger partial charge in [-0.05, 0) is 30.3 Å². The number of thiazole rings is 1. The highest BCUT2D eigenvalue weighted by Gasteiger charge is 2.34. The van der Waals surface area contributed by atoms with Gasteiger partial charge in [-0.3, -0.25) is 9.59 Å². The van der Waals surface area contributed by atoms with Gasteiger partial charge in [-0.1, -0.05) is 11.3 Å². The molecule has 0 saturated carbocycles. The smallest absolute Gasteiger partial charge is 0.231 e. The normalized spacial score (nSPS) is 13.6. The van der Waals surface area contributed by atoms with Crippen LogP contribution in [0.2, 0.25) is 0 Å². The van der Waals surface area contributed by atoms with Crippen LogP contribution in [0.1, 0.15) is 6.92 Å². The molecule has 0 unspecified atom stereocenters. The summed E-state index contributed by atoms with van der Waals surface area (Å²) in [6.07, 6.45) is 0. The Morgan fingerprint density at radius 3 is 2.60 bits per heavy atom. The van der Waals surface area contributed by atoms with Crippen LogP contribution in [0.15, 0.2) is 36.4 Å². The summed E-state index contributed by atoms with van der Waals surface area (Å²) in [5.41, 5.74) is 2.01. The maximum absolute atomic E-state index is 12.7. The summed E-state index contributed by atoms with van der Waals surface area (Å²) in [6, 6.07) is 10.9. The minimum absolute atomic E-state index is 0.0905. The number of hydrogen-bond acceptors (Lipinski definition) is 7. The number of ether oxygens (including phenoxy) is 2. The minimum atomic E-state index is -0.180. The van der Waals surface area contributed by atoms with E-state index in [-0.39, 0.29) is 17.7 Å². The number of nitrogens with one attached hydrogen (secondary N) is 2. The highest BCUT2D eigenvalue weighted by Crippen LogP contribution is 2.35. The van der Waals surface area contributed by atoms with Crippen molar-refractivity contribution in [2.45, 2.75) is 6.92 Å². The molecule has 2 aromatic carbocycles.